The van der Waals surface area contributed by atoms with Gasteiger partial charge in [-0.2, -0.15) is 0 Å². The summed E-state index contributed by atoms with van der Waals surface area (Å²) in [7, 11) is -2.75. The maximum Gasteiger partial charge on any atom is 0.156 e. The monoisotopic (exact) mass is 190 g/mol. The van der Waals surface area contributed by atoms with Crippen LogP contribution in [0.4, 0.5) is 0 Å². The molecule has 0 bridgehead atoms. The molecular weight excluding hydrogens is 174 g/mol. The number of rotatable bonds is 3. The molecule has 12 heavy (non-hydrogen) atoms. The topological polar surface area (TPSA) is 50.8 Å². The van der Waals surface area contributed by atoms with E-state index in [2.05, 4.69) is 11.9 Å². The minimum absolute atomic E-state index is 0.104. The van der Waals surface area contributed by atoms with Crippen molar-refractivity contribution in [3.63, 3.8) is 0 Å². The van der Waals surface area contributed by atoms with Gasteiger partial charge in [0.1, 0.15) is 11.3 Å². The van der Waals surface area contributed by atoms with E-state index >= 15 is 0 Å². The molecule has 4 heteroatoms. The summed E-state index contributed by atoms with van der Waals surface area (Å²) in [4.78, 5) is 0. The summed E-state index contributed by atoms with van der Waals surface area (Å²) in [5, 5.41) is 2.06. The summed E-state index contributed by atoms with van der Waals surface area (Å²) in [6.45, 7) is 6.41. The maximum atomic E-state index is 11.2. The third kappa shape index (κ3) is 2.32. The average molecular weight is 190 g/mol. The fourth-order valence-electron chi connectivity index (χ4n) is 1.56. The Hall–Kier alpha value is -0.350. The largest absolute Gasteiger partial charge is 0.338 e. The van der Waals surface area contributed by atoms with Gasteiger partial charge in [0.15, 0.2) is 9.84 Å². The van der Waals surface area contributed by atoms with Crippen molar-refractivity contribution in [1.82, 2.24) is 0 Å². The Kier molecular flexibility index (Phi) is 2.58. The van der Waals surface area contributed by atoms with Crippen LogP contribution >= 0.6 is 0 Å². The lowest BCUT2D eigenvalue weighted by Gasteiger charge is -2.18. The van der Waals surface area contributed by atoms with Crippen molar-refractivity contribution in [1.29, 1.82) is 0 Å². The summed E-state index contributed by atoms with van der Waals surface area (Å²) in [6, 6.07) is 0. The van der Waals surface area contributed by atoms with Crippen molar-refractivity contribution in [3.05, 3.63) is 12.7 Å². The maximum absolute atomic E-state index is 11.2. The molecule has 0 spiro atoms. The molecule has 0 amide bonds. The van der Waals surface area contributed by atoms with Gasteiger partial charge in [0.05, 0.1) is 12.3 Å². The molecule has 0 aliphatic carbocycles. The normalized spacial score (nSPS) is 33.4. The van der Waals surface area contributed by atoms with Gasteiger partial charge in [-0.3, -0.25) is 0 Å². The van der Waals surface area contributed by atoms with Crippen molar-refractivity contribution in [3.8, 4) is 0 Å². The minimum atomic E-state index is -2.75. The summed E-state index contributed by atoms with van der Waals surface area (Å²) < 4.78 is 22.3. The Morgan fingerprint density at radius 2 is 2.33 bits per heavy atom. The average Bonchev–Trinajstić information content (AvgIpc) is 2.23. The van der Waals surface area contributed by atoms with E-state index in [0.717, 1.165) is 13.0 Å². The molecule has 0 saturated carbocycles. The van der Waals surface area contributed by atoms with Crippen LogP contribution in [0.25, 0.3) is 0 Å². The van der Waals surface area contributed by atoms with E-state index in [0.29, 0.717) is 11.5 Å². The first-order chi connectivity index (χ1) is 5.47. The molecule has 1 atom stereocenters. The van der Waals surface area contributed by atoms with Crippen LogP contribution in [-0.2, 0) is 9.84 Å². The Balaban J connectivity index is 2.58. The van der Waals surface area contributed by atoms with Gasteiger partial charge >= 0.3 is 0 Å². The van der Waals surface area contributed by atoms with E-state index in [9.17, 15) is 8.42 Å². The molecule has 1 aliphatic heterocycles. The molecule has 0 aromatic rings. The van der Waals surface area contributed by atoms with Crippen LogP contribution in [0.3, 0.4) is 0 Å². The molecule has 0 aromatic heterocycles. The summed E-state index contributed by atoms with van der Waals surface area (Å²) in [5.74, 6) is 0.658. The highest BCUT2D eigenvalue weighted by Gasteiger charge is 2.40. The molecular formula is C8H16NO2S+. The molecule has 3 nitrogen and oxygen atoms in total. The van der Waals surface area contributed by atoms with Crippen LogP contribution in [-0.4, -0.2) is 32.0 Å². The highest BCUT2D eigenvalue weighted by molar-refractivity contribution is 7.91. The van der Waals surface area contributed by atoms with Crippen molar-refractivity contribution in [2.75, 3.05) is 18.1 Å². The second kappa shape index (κ2) is 3.18. The number of nitrogens with two attached hydrogens (primary N) is 1. The standard InChI is InChI=1S/C8H15NO2S/c1-3-5-9-8(2)4-6-12(10,11)7-8/h3,9H,1,4-7H2,2H3/p+1. The number of quaternary nitrogens is 1. The zero-order chi connectivity index (χ0) is 9.24. The van der Waals surface area contributed by atoms with Gasteiger partial charge in [-0.25, -0.2) is 8.42 Å². The van der Waals surface area contributed by atoms with Crippen molar-refractivity contribution in [2.45, 2.75) is 18.9 Å². The molecule has 1 heterocycles. The van der Waals surface area contributed by atoms with Crippen LogP contribution in [0.15, 0.2) is 12.7 Å². The third-order valence-corrected chi connectivity index (χ3v) is 4.24. The lowest BCUT2D eigenvalue weighted by atomic mass is 10.0. The molecule has 1 aliphatic rings. The number of sulfone groups is 1. The van der Waals surface area contributed by atoms with Crippen molar-refractivity contribution < 1.29 is 13.7 Å². The molecule has 2 N–H and O–H groups in total. The van der Waals surface area contributed by atoms with Crippen LogP contribution in [0.5, 0.6) is 0 Å². The SMILES string of the molecule is C=CC[NH2+]C1(C)CCS(=O)(=O)C1. The van der Waals surface area contributed by atoms with Crippen molar-refractivity contribution in [2.24, 2.45) is 0 Å². The van der Waals surface area contributed by atoms with Gasteiger partial charge in [-0.05, 0) is 13.0 Å². The predicted octanol–water partition coefficient (Wildman–Crippen LogP) is -0.687. The fraction of sp³-hybridized carbons (Fsp3) is 0.750. The van der Waals surface area contributed by atoms with E-state index in [1.165, 1.54) is 0 Å². The zero-order valence-corrected chi connectivity index (χ0v) is 8.23. The molecule has 1 unspecified atom stereocenters. The van der Waals surface area contributed by atoms with E-state index in [-0.39, 0.29) is 5.54 Å². The third-order valence-electron chi connectivity index (χ3n) is 2.31. The molecule has 0 aromatic carbocycles. The van der Waals surface area contributed by atoms with Gasteiger partial charge in [-0.15, -0.1) is 0 Å². The van der Waals surface area contributed by atoms with Crippen LogP contribution in [0.2, 0.25) is 0 Å². The molecule has 70 valence electrons. The van der Waals surface area contributed by atoms with E-state index < -0.39 is 9.84 Å². The Morgan fingerprint density at radius 1 is 1.67 bits per heavy atom. The first kappa shape index (κ1) is 9.74. The van der Waals surface area contributed by atoms with E-state index in [4.69, 9.17) is 0 Å². The Morgan fingerprint density at radius 3 is 2.75 bits per heavy atom. The van der Waals surface area contributed by atoms with Crippen LogP contribution in [0.1, 0.15) is 13.3 Å². The van der Waals surface area contributed by atoms with Gasteiger partial charge < -0.3 is 5.32 Å². The number of hydrogen-bond donors (Lipinski definition) is 1. The molecule has 0 radical (unpaired) electrons. The van der Waals surface area contributed by atoms with Gasteiger partial charge in [0.2, 0.25) is 0 Å². The zero-order valence-electron chi connectivity index (χ0n) is 7.41. The predicted molar refractivity (Wildman–Crippen MR) is 48.7 cm³/mol. The highest BCUT2D eigenvalue weighted by atomic mass is 32.2. The summed E-state index contributed by atoms with van der Waals surface area (Å²) >= 11 is 0. The first-order valence-electron chi connectivity index (χ1n) is 4.13. The fourth-order valence-corrected chi connectivity index (χ4v) is 3.75. The van der Waals surface area contributed by atoms with Gasteiger partial charge in [0.25, 0.3) is 0 Å². The lowest BCUT2D eigenvalue weighted by molar-refractivity contribution is -0.711. The second-order valence-electron chi connectivity index (χ2n) is 3.72. The van der Waals surface area contributed by atoms with Crippen LogP contribution in [0, 0.1) is 0 Å². The van der Waals surface area contributed by atoms with E-state index in [1.54, 1.807) is 6.08 Å². The first-order valence-corrected chi connectivity index (χ1v) is 5.95. The lowest BCUT2D eigenvalue weighted by Crippen LogP contribution is -2.96. The minimum Gasteiger partial charge on any atom is -0.338 e. The smallest absolute Gasteiger partial charge is 0.156 e. The summed E-state index contributed by atoms with van der Waals surface area (Å²) in [5.41, 5.74) is -0.104. The van der Waals surface area contributed by atoms with Gasteiger partial charge in [0, 0.05) is 6.42 Å². The van der Waals surface area contributed by atoms with Crippen LogP contribution < -0.4 is 5.32 Å². The van der Waals surface area contributed by atoms with Gasteiger partial charge in [-0.1, -0.05) is 6.58 Å². The summed E-state index contributed by atoms with van der Waals surface area (Å²) in [6.07, 6.45) is 2.57. The quantitative estimate of drug-likeness (QED) is 0.599. The molecule has 1 rings (SSSR count). The second-order valence-corrected chi connectivity index (χ2v) is 5.91. The van der Waals surface area contributed by atoms with Crippen molar-refractivity contribution >= 4 is 9.84 Å². The Labute approximate surface area is 73.8 Å². The molecule has 1 fully saturated rings. The molecule has 1 saturated heterocycles. The van der Waals surface area contributed by atoms with E-state index in [1.807, 2.05) is 6.92 Å². The number of hydrogen-bond acceptors (Lipinski definition) is 2. The Bertz CT molecular complexity index is 271. The highest BCUT2D eigenvalue weighted by Crippen LogP contribution is 2.18.